The Balaban J connectivity index is 1.74. The highest BCUT2D eigenvalue weighted by Gasteiger charge is 2.18. The Labute approximate surface area is 168 Å². The Bertz CT molecular complexity index is 896. The molecule has 3 aromatic rings. The first-order valence-corrected chi connectivity index (χ1v) is 10.2. The maximum absolute atomic E-state index is 12.7. The van der Waals surface area contributed by atoms with Gasteiger partial charge in [-0.2, -0.15) is 0 Å². The molecule has 2 aromatic carbocycles. The van der Waals surface area contributed by atoms with Crippen LogP contribution in [0.5, 0.6) is 0 Å². The minimum atomic E-state index is 0.0485. The predicted molar refractivity (Wildman–Crippen MR) is 111 cm³/mol. The summed E-state index contributed by atoms with van der Waals surface area (Å²) in [5.41, 5.74) is 1.86. The molecule has 0 bridgehead atoms. The van der Waals surface area contributed by atoms with Gasteiger partial charge in [-0.25, -0.2) is 0 Å². The van der Waals surface area contributed by atoms with Crippen molar-refractivity contribution in [3.63, 3.8) is 0 Å². The topological polar surface area (TPSA) is 51.0 Å². The van der Waals surface area contributed by atoms with Crippen LogP contribution in [0.3, 0.4) is 0 Å². The SMILES string of the molecule is CCN(C(=O)CSc1nnc(-c2ccc(Cl)cc2)n1CC)c1ccccc1. The number of nitrogens with zero attached hydrogens (tertiary/aromatic N) is 4. The molecule has 7 heteroatoms. The molecule has 1 aromatic heterocycles. The van der Waals surface area contributed by atoms with Crippen LogP contribution in [0.1, 0.15) is 13.8 Å². The molecule has 1 heterocycles. The normalized spacial score (nSPS) is 10.8. The average Bonchev–Trinajstić information content (AvgIpc) is 3.11. The second-order valence-electron chi connectivity index (χ2n) is 5.82. The van der Waals surface area contributed by atoms with Gasteiger partial charge in [-0.05, 0) is 50.2 Å². The lowest BCUT2D eigenvalue weighted by Gasteiger charge is -2.20. The van der Waals surface area contributed by atoms with E-state index in [1.54, 1.807) is 4.90 Å². The zero-order chi connectivity index (χ0) is 19.2. The number of carbonyl (C=O) groups excluding carboxylic acids is 1. The molecule has 0 radical (unpaired) electrons. The third-order valence-corrected chi connectivity index (χ3v) is 5.35. The number of halogens is 1. The van der Waals surface area contributed by atoms with Crippen molar-refractivity contribution < 1.29 is 4.79 Å². The van der Waals surface area contributed by atoms with Crippen molar-refractivity contribution in [3.05, 3.63) is 59.6 Å². The molecule has 0 spiro atoms. The first kappa shape index (κ1) is 19.5. The standard InChI is InChI=1S/C20H21ClN4OS/c1-3-24(17-8-6-5-7-9-17)18(26)14-27-20-23-22-19(25(20)4-2)15-10-12-16(21)13-11-15/h5-13H,3-4,14H2,1-2H3. The lowest BCUT2D eigenvalue weighted by Crippen LogP contribution is -2.32. The molecule has 0 atom stereocenters. The molecule has 27 heavy (non-hydrogen) atoms. The second kappa shape index (κ2) is 9.06. The number of carbonyl (C=O) groups is 1. The molecule has 0 saturated heterocycles. The molecule has 0 saturated carbocycles. The highest BCUT2D eigenvalue weighted by Crippen LogP contribution is 2.25. The van der Waals surface area contributed by atoms with Gasteiger partial charge in [0.1, 0.15) is 0 Å². The number of hydrogen-bond donors (Lipinski definition) is 0. The third kappa shape index (κ3) is 4.51. The monoisotopic (exact) mass is 400 g/mol. The first-order valence-electron chi connectivity index (χ1n) is 8.81. The van der Waals surface area contributed by atoms with E-state index >= 15 is 0 Å². The van der Waals surface area contributed by atoms with Gasteiger partial charge in [0.25, 0.3) is 0 Å². The lowest BCUT2D eigenvalue weighted by molar-refractivity contribution is -0.116. The molecule has 0 N–H and O–H groups in total. The number of rotatable bonds is 7. The summed E-state index contributed by atoms with van der Waals surface area (Å²) in [5.74, 6) is 1.13. The maximum atomic E-state index is 12.7. The van der Waals surface area contributed by atoms with E-state index in [4.69, 9.17) is 11.6 Å². The average molecular weight is 401 g/mol. The van der Waals surface area contributed by atoms with Crippen LogP contribution in [0.15, 0.2) is 59.8 Å². The number of aromatic nitrogens is 3. The molecule has 0 aliphatic heterocycles. The van der Waals surface area contributed by atoms with Gasteiger partial charge in [0.05, 0.1) is 5.75 Å². The summed E-state index contributed by atoms with van der Waals surface area (Å²) in [7, 11) is 0. The van der Waals surface area contributed by atoms with E-state index in [-0.39, 0.29) is 5.91 Å². The van der Waals surface area contributed by atoms with E-state index in [0.29, 0.717) is 17.3 Å². The molecule has 0 fully saturated rings. The van der Waals surface area contributed by atoms with Crippen LogP contribution in [0.4, 0.5) is 5.69 Å². The van der Waals surface area contributed by atoms with Crippen molar-refractivity contribution in [2.45, 2.75) is 25.5 Å². The minimum Gasteiger partial charge on any atom is -0.312 e. The molecular formula is C20H21ClN4OS. The zero-order valence-corrected chi connectivity index (χ0v) is 16.9. The largest absolute Gasteiger partial charge is 0.312 e. The fraction of sp³-hybridized carbons (Fsp3) is 0.250. The summed E-state index contributed by atoms with van der Waals surface area (Å²) in [5, 5.41) is 10.0. The summed E-state index contributed by atoms with van der Waals surface area (Å²) in [4.78, 5) is 14.5. The van der Waals surface area contributed by atoms with Crippen LogP contribution < -0.4 is 4.90 Å². The van der Waals surface area contributed by atoms with Crippen molar-refractivity contribution in [2.75, 3.05) is 17.2 Å². The zero-order valence-electron chi connectivity index (χ0n) is 15.3. The van der Waals surface area contributed by atoms with Crippen molar-refractivity contribution >= 4 is 35.0 Å². The van der Waals surface area contributed by atoms with Gasteiger partial charge in [0.15, 0.2) is 11.0 Å². The number of para-hydroxylation sites is 1. The van der Waals surface area contributed by atoms with E-state index in [0.717, 1.165) is 28.8 Å². The van der Waals surface area contributed by atoms with Crippen molar-refractivity contribution in [3.8, 4) is 11.4 Å². The number of thioether (sulfide) groups is 1. The number of hydrogen-bond acceptors (Lipinski definition) is 4. The summed E-state index contributed by atoms with van der Waals surface area (Å²) >= 11 is 7.38. The Hall–Kier alpha value is -2.31. The molecule has 1 amide bonds. The van der Waals surface area contributed by atoms with E-state index in [1.807, 2.05) is 73.0 Å². The van der Waals surface area contributed by atoms with E-state index in [1.165, 1.54) is 11.8 Å². The maximum Gasteiger partial charge on any atom is 0.237 e. The highest BCUT2D eigenvalue weighted by molar-refractivity contribution is 7.99. The molecule has 140 valence electrons. The van der Waals surface area contributed by atoms with E-state index < -0.39 is 0 Å². The van der Waals surface area contributed by atoms with Gasteiger partial charge in [-0.3, -0.25) is 4.79 Å². The summed E-state index contributed by atoms with van der Waals surface area (Å²) in [6.45, 7) is 5.36. The third-order valence-electron chi connectivity index (χ3n) is 4.15. The smallest absolute Gasteiger partial charge is 0.237 e. The van der Waals surface area contributed by atoms with E-state index in [9.17, 15) is 4.79 Å². The second-order valence-corrected chi connectivity index (χ2v) is 7.20. The summed E-state index contributed by atoms with van der Waals surface area (Å²) < 4.78 is 2.01. The Morgan fingerprint density at radius 2 is 1.78 bits per heavy atom. The number of amides is 1. The van der Waals surface area contributed by atoms with Gasteiger partial charge < -0.3 is 9.47 Å². The number of anilines is 1. The molecule has 0 unspecified atom stereocenters. The Kier molecular flexibility index (Phi) is 6.53. The predicted octanol–water partition coefficient (Wildman–Crippen LogP) is 4.76. The lowest BCUT2D eigenvalue weighted by atomic mass is 10.2. The van der Waals surface area contributed by atoms with E-state index in [2.05, 4.69) is 10.2 Å². The van der Waals surface area contributed by atoms with Crippen LogP contribution in [0, 0.1) is 0 Å². The van der Waals surface area contributed by atoms with Gasteiger partial charge in [0, 0.05) is 29.4 Å². The highest BCUT2D eigenvalue weighted by atomic mass is 35.5. The number of benzene rings is 2. The Morgan fingerprint density at radius 3 is 2.41 bits per heavy atom. The van der Waals surface area contributed by atoms with Crippen LogP contribution >= 0.6 is 23.4 Å². The van der Waals surface area contributed by atoms with Gasteiger partial charge in [0.2, 0.25) is 5.91 Å². The summed E-state index contributed by atoms with van der Waals surface area (Å²) in [6, 6.07) is 17.2. The van der Waals surface area contributed by atoms with Crippen LogP contribution in [0.25, 0.3) is 11.4 Å². The Morgan fingerprint density at radius 1 is 1.07 bits per heavy atom. The summed E-state index contributed by atoms with van der Waals surface area (Å²) in [6.07, 6.45) is 0. The fourth-order valence-electron chi connectivity index (χ4n) is 2.81. The van der Waals surface area contributed by atoms with Gasteiger partial charge in [-0.1, -0.05) is 41.6 Å². The quantitative estimate of drug-likeness (QED) is 0.536. The first-order chi connectivity index (χ1) is 13.1. The van der Waals surface area contributed by atoms with Crippen molar-refractivity contribution in [1.29, 1.82) is 0 Å². The van der Waals surface area contributed by atoms with Gasteiger partial charge in [-0.15, -0.1) is 10.2 Å². The van der Waals surface area contributed by atoms with Crippen molar-refractivity contribution in [1.82, 2.24) is 14.8 Å². The van der Waals surface area contributed by atoms with Crippen LogP contribution in [-0.4, -0.2) is 33.0 Å². The van der Waals surface area contributed by atoms with Crippen LogP contribution in [-0.2, 0) is 11.3 Å². The fourth-order valence-corrected chi connectivity index (χ4v) is 3.81. The van der Waals surface area contributed by atoms with Crippen LogP contribution in [0.2, 0.25) is 5.02 Å². The molecular weight excluding hydrogens is 380 g/mol. The molecule has 0 aliphatic rings. The molecule has 0 aliphatic carbocycles. The van der Waals surface area contributed by atoms with Crippen molar-refractivity contribution in [2.24, 2.45) is 0 Å². The molecule has 5 nitrogen and oxygen atoms in total. The minimum absolute atomic E-state index is 0.0485. The van der Waals surface area contributed by atoms with Gasteiger partial charge >= 0.3 is 0 Å². The molecule has 3 rings (SSSR count).